The van der Waals surface area contributed by atoms with E-state index in [0.29, 0.717) is 24.2 Å². The van der Waals surface area contributed by atoms with Crippen LogP contribution in [0.15, 0.2) is 18.2 Å². The lowest BCUT2D eigenvalue weighted by Crippen LogP contribution is -2.22. The van der Waals surface area contributed by atoms with Gasteiger partial charge < -0.3 is 14.6 Å². The van der Waals surface area contributed by atoms with E-state index in [1.54, 1.807) is 6.92 Å². The van der Waals surface area contributed by atoms with Crippen LogP contribution in [-0.2, 0) is 4.79 Å². The lowest BCUT2D eigenvalue weighted by Gasteiger charge is -2.11. The summed E-state index contributed by atoms with van der Waals surface area (Å²) < 4.78 is 10.2. The minimum Gasteiger partial charge on any atom is -0.490 e. The van der Waals surface area contributed by atoms with E-state index < -0.39 is 12.1 Å². The van der Waals surface area contributed by atoms with Crippen LogP contribution in [0.3, 0.4) is 0 Å². The molecule has 0 aromatic heterocycles. The van der Waals surface area contributed by atoms with Gasteiger partial charge >= 0.3 is 5.97 Å². The van der Waals surface area contributed by atoms with Crippen LogP contribution in [0, 0.1) is 0 Å². The molecule has 0 aliphatic carbocycles. The Kier molecular flexibility index (Phi) is 4.66. The van der Waals surface area contributed by atoms with E-state index in [1.165, 1.54) is 25.1 Å². The molecular weight excluding hydrogens is 224 g/mol. The number of carbonyl (C=O) groups excluding carboxylic acids is 2. The van der Waals surface area contributed by atoms with Gasteiger partial charge in [0, 0.05) is 5.56 Å². The molecule has 0 aliphatic heterocycles. The highest BCUT2D eigenvalue weighted by Crippen LogP contribution is 2.28. The molecule has 1 N–H and O–H groups in total. The molecule has 1 unspecified atom stereocenters. The van der Waals surface area contributed by atoms with Crippen LogP contribution in [0.2, 0.25) is 0 Å². The Morgan fingerprint density at radius 3 is 2.71 bits per heavy atom. The van der Waals surface area contributed by atoms with E-state index in [0.717, 1.165) is 0 Å². The molecule has 0 radical (unpaired) electrons. The monoisotopic (exact) mass is 238 g/mol. The molecule has 0 aliphatic rings. The van der Waals surface area contributed by atoms with Crippen LogP contribution in [-0.4, -0.2) is 30.1 Å². The summed E-state index contributed by atoms with van der Waals surface area (Å²) in [7, 11) is 0. The van der Waals surface area contributed by atoms with Crippen molar-refractivity contribution in [3.63, 3.8) is 0 Å². The number of aldehydes is 1. The van der Waals surface area contributed by atoms with E-state index in [2.05, 4.69) is 0 Å². The van der Waals surface area contributed by atoms with Crippen molar-refractivity contribution in [3.05, 3.63) is 23.8 Å². The average Bonchev–Trinajstić information content (AvgIpc) is 2.31. The Labute approximate surface area is 99.0 Å². The van der Waals surface area contributed by atoms with E-state index >= 15 is 0 Å². The SMILES string of the molecule is CCOc1cc(C=O)ccc1OC(=O)C(C)O. The first-order valence-electron chi connectivity index (χ1n) is 5.20. The predicted octanol–water partition coefficient (Wildman–Crippen LogP) is 1.18. The first kappa shape index (κ1) is 13.2. The molecule has 1 aromatic carbocycles. The number of esters is 1. The maximum atomic E-state index is 11.2. The zero-order valence-electron chi connectivity index (χ0n) is 9.67. The third-order valence-corrected chi connectivity index (χ3v) is 1.96. The van der Waals surface area contributed by atoms with E-state index in [-0.39, 0.29) is 5.75 Å². The Hall–Kier alpha value is -1.88. The number of aliphatic hydroxyl groups excluding tert-OH is 1. The summed E-state index contributed by atoms with van der Waals surface area (Å²) in [6.45, 7) is 3.46. The van der Waals surface area contributed by atoms with Gasteiger partial charge in [-0.25, -0.2) is 4.79 Å². The van der Waals surface area contributed by atoms with Gasteiger partial charge in [-0.05, 0) is 32.0 Å². The van der Waals surface area contributed by atoms with Crippen molar-refractivity contribution in [2.24, 2.45) is 0 Å². The fourth-order valence-corrected chi connectivity index (χ4v) is 1.14. The molecule has 1 aromatic rings. The second-order valence-electron chi connectivity index (χ2n) is 3.35. The third-order valence-electron chi connectivity index (χ3n) is 1.96. The average molecular weight is 238 g/mol. The summed E-state index contributed by atoms with van der Waals surface area (Å²) in [6, 6.07) is 4.43. The molecule has 17 heavy (non-hydrogen) atoms. The van der Waals surface area contributed by atoms with E-state index in [1.807, 2.05) is 0 Å². The molecule has 1 rings (SSSR count). The summed E-state index contributed by atoms with van der Waals surface area (Å²) in [4.78, 5) is 21.8. The van der Waals surface area contributed by atoms with Gasteiger partial charge in [0.2, 0.25) is 0 Å². The topological polar surface area (TPSA) is 72.8 Å². The van der Waals surface area contributed by atoms with Crippen LogP contribution >= 0.6 is 0 Å². The molecule has 92 valence electrons. The van der Waals surface area contributed by atoms with Gasteiger partial charge in [0.05, 0.1) is 6.61 Å². The fourth-order valence-electron chi connectivity index (χ4n) is 1.14. The summed E-state index contributed by atoms with van der Waals surface area (Å²) in [5, 5.41) is 9.03. The lowest BCUT2D eigenvalue weighted by atomic mass is 10.2. The molecular formula is C12H14O5. The normalized spacial score (nSPS) is 11.7. The molecule has 0 spiro atoms. The number of aliphatic hydroxyl groups is 1. The van der Waals surface area contributed by atoms with Gasteiger partial charge in [-0.15, -0.1) is 0 Å². The summed E-state index contributed by atoms with van der Waals surface area (Å²) in [6.07, 6.45) is -0.543. The van der Waals surface area contributed by atoms with Crippen molar-refractivity contribution in [1.82, 2.24) is 0 Å². The van der Waals surface area contributed by atoms with Crippen molar-refractivity contribution in [2.45, 2.75) is 20.0 Å². The Bertz CT molecular complexity index is 411. The molecule has 0 saturated heterocycles. The summed E-state index contributed by atoms with van der Waals surface area (Å²) in [5.41, 5.74) is 0.422. The number of ether oxygens (including phenoxy) is 2. The zero-order chi connectivity index (χ0) is 12.8. The maximum absolute atomic E-state index is 11.2. The molecule has 0 saturated carbocycles. The van der Waals surface area contributed by atoms with Crippen molar-refractivity contribution < 1.29 is 24.2 Å². The van der Waals surface area contributed by atoms with Gasteiger partial charge in [0.25, 0.3) is 0 Å². The Balaban J connectivity index is 2.97. The lowest BCUT2D eigenvalue weighted by molar-refractivity contribution is -0.142. The Morgan fingerprint density at radius 2 is 2.18 bits per heavy atom. The summed E-state index contributed by atoms with van der Waals surface area (Å²) >= 11 is 0. The number of carbonyl (C=O) groups is 2. The zero-order valence-corrected chi connectivity index (χ0v) is 9.67. The van der Waals surface area contributed by atoms with Crippen LogP contribution < -0.4 is 9.47 Å². The maximum Gasteiger partial charge on any atom is 0.340 e. The van der Waals surface area contributed by atoms with E-state index in [9.17, 15) is 9.59 Å². The van der Waals surface area contributed by atoms with Crippen molar-refractivity contribution >= 4 is 12.3 Å². The van der Waals surface area contributed by atoms with Gasteiger partial charge in [-0.3, -0.25) is 4.79 Å². The number of hydrogen-bond donors (Lipinski definition) is 1. The Morgan fingerprint density at radius 1 is 1.47 bits per heavy atom. The molecule has 5 heteroatoms. The van der Waals surface area contributed by atoms with Gasteiger partial charge in [-0.2, -0.15) is 0 Å². The van der Waals surface area contributed by atoms with Crippen LogP contribution in [0.25, 0.3) is 0 Å². The highest BCUT2D eigenvalue weighted by atomic mass is 16.6. The second-order valence-corrected chi connectivity index (χ2v) is 3.35. The standard InChI is InChI=1S/C12H14O5/c1-3-16-11-6-9(7-13)4-5-10(11)17-12(15)8(2)14/h4-8,14H,3H2,1-2H3. The highest BCUT2D eigenvalue weighted by Gasteiger charge is 2.15. The van der Waals surface area contributed by atoms with Gasteiger partial charge in [-0.1, -0.05) is 0 Å². The first-order valence-corrected chi connectivity index (χ1v) is 5.20. The molecule has 0 bridgehead atoms. The number of benzene rings is 1. The largest absolute Gasteiger partial charge is 0.490 e. The smallest absolute Gasteiger partial charge is 0.340 e. The molecule has 0 amide bonds. The quantitative estimate of drug-likeness (QED) is 0.474. The van der Waals surface area contributed by atoms with Crippen LogP contribution in [0.1, 0.15) is 24.2 Å². The van der Waals surface area contributed by atoms with Crippen molar-refractivity contribution in [2.75, 3.05) is 6.61 Å². The van der Waals surface area contributed by atoms with Crippen molar-refractivity contribution in [3.8, 4) is 11.5 Å². The molecule has 0 heterocycles. The van der Waals surface area contributed by atoms with Crippen molar-refractivity contribution in [1.29, 1.82) is 0 Å². The highest BCUT2D eigenvalue weighted by molar-refractivity contribution is 5.79. The van der Waals surface area contributed by atoms with E-state index in [4.69, 9.17) is 14.6 Å². The predicted molar refractivity (Wildman–Crippen MR) is 60.3 cm³/mol. The molecule has 1 atom stereocenters. The fraction of sp³-hybridized carbons (Fsp3) is 0.333. The minimum atomic E-state index is -1.21. The van der Waals surface area contributed by atoms with Crippen LogP contribution in [0.4, 0.5) is 0 Å². The van der Waals surface area contributed by atoms with Gasteiger partial charge in [0.15, 0.2) is 11.5 Å². The van der Waals surface area contributed by atoms with Crippen LogP contribution in [0.5, 0.6) is 11.5 Å². The molecule has 0 fully saturated rings. The third kappa shape index (κ3) is 3.57. The number of rotatable bonds is 5. The second kappa shape index (κ2) is 6.00. The first-order chi connectivity index (χ1) is 8.08. The minimum absolute atomic E-state index is 0.184. The summed E-state index contributed by atoms with van der Waals surface area (Å²) in [5.74, 6) is -0.292. The molecule has 5 nitrogen and oxygen atoms in total. The van der Waals surface area contributed by atoms with Gasteiger partial charge in [0.1, 0.15) is 12.4 Å². The number of hydrogen-bond acceptors (Lipinski definition) is 5.